The largest absolute Gasteiger partial charge is 0.361 e. The minimum atomic E-state index is 0.531. The molecule has 0 spiro atoms. The molecule has 1 aromatic heterocycles. The van der Waals surface area contributed by atoms with Crippen LogP contribution in [-0.4, -0.2) is 4.98 Å². The van der Waals surface area contributed by atoms with Crippen LogP contribution < -0.4 is 0 Å². The standard InChI is InChI=1S/C19H23N/c1-6-15-13(4)17-11(2)10-12(3)18(17)14(5)19(15)16-8-7-9-20-16/h7-10,12,20H,6H2,1-5H3. The number of hydrogen-bond acceptors (Lipinski definition) is 0. The summed E-state index contributed by atoms with van der Waals surface area (Å²) in [6.45, 7) is 11.4. The summed E-state index contributed by atoms with van der Waals surface area (Å²) in [5.74, 6) is 0.531. The molecule has 3 rings (SSSR count). The molecule has 1 nitrogen and oxygen atoms in total. The molecular formula is C19H23N. The van der Waals surface area contributed by atoms with Gasteiger partial charge in [-0.1, -0.05) is 19.9 Å². The van der Waals surface area contributed by atoms with Crippen molar-refractivity contribution in [2.75, 3.05) is 0 Å². The average molecular weight is 265 g/mol. The van der Waals surface area contributed by atoms with Gasteiger partial charge in [0.15, 0.2) is 0 Å². The van der Waals surface area contributed by atoms with Crippen molar-refractivity contribution in [1.82, 2.24) is 4.98 Å². The highest BCUT2D eigenvalue weighted by atomic mass is 14.7. The molecule has 20 heavy (non-hydrogen) atoms. The maximum Gasteiger partial charge on any atom is 0.0459 e. The molecule has 104 valence electrons. The molecule has 1 aromatic carbocycles. The Hall–Kier alpha value is -1.76. The molecule has 1 heteroatoms. The number of aromatic amines is 1. The Balaban J connectivity index is 2.39. The summed E-state index contributed by atoms with van der Waals surface area (Å²) in [5.41, 5.74) is 11.6. The molecule has 0 radical (unpaired) electrons. The highest BCUT2D eigenvalue weighted by Crippen LogP contribution is 2.45. The van der Waals surface area contributed by atoms with Crippen LogP contribution in [0, 0.1) is 13.8 Å². The molecule has 1 aliphatic carbocycles. The quantitative estimate of drug-likeness (QED) is 0.750. The van der Waals surface area contributed by atoms with Crippen molar-refractivity contribution >= 4 is 5.57 Å². The van der Waals surface area contributed by atoms with E-state index in [0.29, 0.717) is 5.92 Å². The van der Waals surface area contributed by atoms with Gasteiger partial charge in [0.05, 0.1) is 0 Å². The third kappa shape index (κ3) is 1.69. The highest BCUT2D eigenvalue weighted by Gasteiger charge is 2.26. The summed E-state index contributed by atoms with van der Waals surface area (Å²) in [4.78, 5) is 3.40. The fourth-order valence-corrected chi connectivity index (χ4v) is 4.00. The van der Waals surface area contributed by atoms with Gasteiger partial charge in [0.25, 0.3) is 0 Å². The van der Waals surface area contributed by atoms with Crippen LogP contribution in [0.15, 0.2) is 24.4 Å². The SMILES string of the molecule is CCc1c(C)c2c(c(C)c1-c1ccc[nH]1)C(C)C=C2C. The third-order valence-electron chi connectivity index (χ3n) is 4.75. The van der Waals surface area contributed by atoms with E-state index in [4.69, 9.17) is 0 Å². The van der Waals surface area contributed by atoms with E-state index >= 15 is 0 Å². The molecule has 0 aliphatic heterocycles. The molecule has 2 aromatic rings. The molecule has 1 aliphatic rings. The predicted octanol–water partition coefficient (Wildman–Crippen LogP) is 5.38. The Bertz CT molecular complexity index is 687. The Morgan fingerprint density at radius 2 is 1.85 bits per heavy atom. The van der Waals surface area contributed by atoms with E-state index < -0.39 is 0 Å². The Kier molecular flexibility index (Phi) is 3.08. The zero-order valence-electron chi connectivity index (χ0n) is 13.1. The number of benzene rings is 1. The number of fused-ring (bicyclic) bond motifs is 1. The van der Waals surface area contributed by atoms with Gasteiger partial charge in [0.2, 0.25) is 0 Å². The van der Waals surface area contributed by atoms with Gasteiger partial charge in [-0.05, 0) is 72.7 Å². The molecule has 1 unspecified atom stereocenters. The Labute approximate surface area is 121 Å². The van der Waals surface area contributed by atoms with Crippen LogP contribution in [0.5, 0.6) is 0 Å². The van der Waals surface area contributed by atoms with Crippen LogP contribution in [0.2, 0.25) is 0 Å². The first kappa shape index (κ1) is 13.2. The normalized spacial score (nSPS) is 17.2. The van der Waals surface area contributed by atoms with Crippen LogP contribution in [0.1, 0.15) is 54.5 Å². The zero-order chi connectivity index (χ0) is 14.4. The zero-order valence-corrected chi connectivity index (χ0v) is 13.1. The Morgan fingerprint density at radius 3 is 2.45 bits per heavy atom. The van der Waals surface area contributed by atoms with Crippen LogP contribution >= 0.6 is 0 Å². The van der Waals surface area contributed by atoms with Gasteiger partial charge >= 0.3 is 0 Å². The van der Waals surface area contributed by atoms with Crippen molar-refractivity contribution in [3.8, 4) is 11.3 Å². The first-order valence-corrected chi connectivity index (χ1v) is 7.54. The predicted molar refractivity (Wildman–Crippen MR) is 87.1 cm³/mol. The lowest BCUT2D eigenvalue weighted by Crippen LogP contribution is -2.04. The van der Waals surface area contributed by atoms with E-state index in [9.17, 15) is 0 Å². The van der Waals surface area contributed by atoms with Crippen molar-refractivity contribution in [2.24, 2.45) is 0 Å². The van der Waals surface area contributed by atoms with Gasteiger partial charge in [-0.3, -0.25) is 0 Å². The minimum absolute atomic E-state index is 0.531. The summed E-state index contributed by atoms with van der Waals surface area (Å²) < 4.78 is 0. The summed E-state index contributed by atoms with van der Waals surface area (Å²) in [6.07, 6.45) is 5.50. The van der Waals surface area contributed by atoms with E-state index in [0.717, 1.165) is 6.42 Å². The first-order valence-electron chi connectivity index (χ1n) is 7.54. The van der Waals surface area contributed by atoms with Gasteiger partial charge in [0.1, 0.15) is 0 Å². The van der Waals surface area contributed by atoms with E-state index in [1.165, 1.54) is 44.6 Å². The molecule has 1 atom stereocenters. The van der Waals surface area contributed by atoms with Crippen LogP contribution in [0.25, 0.3) is 16.8 Å². The third-order valence-corrected chi connectivity index (χ3v) is 4.75. The number of rotatable bonds is 2. The second-order valence-electron chi connectivity index (χ2n) is 5.97. The maximum absolute atomic E-state index is 3.40. The lowest BCUT2D eigenvalue weighted by molar-refractivity contribution is 0.962. The summed E-state index contributed by atoms with van der Waals surface area (Å²) in [5, 5.41) is 0. The van der Waals surface area contributed by atoms with Gasteiger partial charge < -0.3 is 4.98 Å². The fourth-order valence-electron chi connectivity index (χ4n) is 4.00. The van der Waals surface area contributed by atoms with Gasteiger partial charge in [-0.2, -0.15) is 0 Å². The van der Waals surface area contributed by atoms with E-state index in [2.05, 4.69) is 57.8 Å². The minimum Gasteiger partial charge on any atom is -0.361 e. The summed E-state index contributed by atoms with van der Waals surface area (Å²) in [7, 11) is 0. The second-order valence-corrected chi connectivity index (χ2v) is 5.97. The molecular weight excluding hydrogens is 242 g/mol. The Morgan fingerprint density at radius 1 is 1.10 bits per heavy atom. The van der Waals surface area contributed by atoms with E-state index in [1.807, 2.05) is 6.20 Å². The second kappa shape index (κ2) is 4.66. The number of allylic oxidation sites excluding steroid dienone is 2. The van der Waals surface area contributed by atoms with Crippen molar-refractivity contribution in [3.05, 3.63) is 52.2 Å². The van der Waals surface area contributed by atoms with Gasteiger partial charge in [-0.25, -0.2) is 0 Å². The molecule has 0 saturated heterocycles. The average Bonchev–Trinajstić information content (AvgIpc) is 3.01. The molecule has 0 saturated carbocycles. The van der Waals surface area contributed by atoms with Gasteiger partial charge in [-0.15, -0.1) is 0 Å². The lowest BCUT2D eigenvalue weighted by Gasteiger charge is -2.22. The number of hydrogen-bond donors (Lipinski definition) is 1. The molecule has 0 amide bonds. The maximum atomic E-state index is 3.40. The van der Waals surface area contributed by atoms with Crippen LogP contribution in [-0.2, 0) is 6.42 Å². The molecule has 1 heterocycles. The fraction of sp³-hybridized carbons (Fsp3) is 0.368. The van der Waals surface area contributed by atoms with Crippen molar-refractivity contribution < 1.29 is 0 Å². The topological polar surface area (TPSA) is 15.8 Å². The van der Waals surface area contributed by atoms with Crippen LogP contribution in [0.3, 0.4) is 0 Å². The lowest BCUT2D eigenvalue weighted by atomic mass is 9.83. The number of nitrogens with one attached hydrogen (secondary N) is 1. The summed E-state index contributed by atoms with van der Waals surface area (Å²) in [6, 6.07) is 4.27. The van der Waals surface area contributed by atoms with E-state index in [1.54, 1.807) is 0 Å². The number of aromatic nitrogens is 1. The molecule has 1 N–H and O–H groups in total. The smallest absolute Gasteiger partial charge is 0.0459 e. The number of H-pyrrole nitrogens is 1. The van der Waals surface area contributed by atoms with Crippen molar-refractivity contribution in [3.63, 3.8) is 0 Å². The van der Waals surface area contributed by atoms with Gasteiger partial charge in [0, 0.05) is 23.4 Å². The van der Waals surface area contributed by atoms with Crippen LogP contribution in [0.4, 0.5) is 0 Å². The van der Waals surface area contributed by atoms with E-state index in [-0.39, 0.29) is 0 Å². The van der Waals surface area contributed by atoms with Crippen molar-refractivity contribution in [1.29, 1.82) is 0 Å². The summed E-state index contributed by atoms with van der Waals surface area (Å²) >= 11 is 0. The molecule has 0 bridgehead atoms. The first-order chi connectivity index (χ1) is 9.56. The monoisotopic (exact) mass is 265 g/mol. The highest BCUT2D eigenvalue weighted by molar-refractivity contribution is 5.84. The molecule has 0 fully saturated rings. The van der Waals surface area contributed by atoms with Crippen molar-refractivity contribution in [2.45, 2.75) is 47.0 Å².